The van der Waals surface area contributed by atoms with Crippen LogP contribution in [-0.4, -0.2) is 35.1 Å². The third-order valence-electron chi connectivity index (χ3n) is 4.26. The third-order valence-corrected chi connectivity index (χ3v) is 4.26. The van der Waals surface area contributed by atoms with E-state index in [-0.39, 0.29) is 24.7 Å². The number of amides is 2. The summed E-state index contributed by atoms with van der Waals surface area (Å²) in [4.78, 5) is 17.3. The van der Waals surface area contributed by atoms with E-state index >= 15 is 0 Å². The Morgan fingerprint density at radius 3 is 2.52 bits per heavy atom. The Morgan fingerprint density at radius 1 is 1.10 bits per heavy atom. The molecule has 1 fully saturated rings. The van der Waals surface area contributed by atoms with Crippen molar-refractivity contribution in [2.24, 2.45) is 0 Å². The molecule has 1 aromatic heterocycles. The summed E-state index contributed by atoms with van der Waals surface area (Å²) in [5, 5.41) is 2.22. The molecule has 1 N–H and O–H groups in total. The van der Waals surface area contributed by atoms with Crippen LogP contribution >= 0.6 is 0 Å². The maximum atomic E-state index is 13.0. The van der Waals surface area contributed by atoms with Gasteiger partial charge in [0.1, 0.15) is 6.10 Å². The molecule has 0 saturated carbocycles. The molecule has 3 rings (SSSR count). The van der Waals surface area contributed by atoms with Crippen molar-refractivity contribution in [2.75, 3.05) is 18.4 Å². The first-order valence-electron chi connectivity index (χ1n) is 8.46. The molecule has 2 heterocycles. The Balaban J connectivity index is 1.63. The van der Waals surface area contributed by atoms with Crippen LogP contribution in [0.3, 0.4) is 0 Å². The molecular formula is C18H15F6N3O2. The normalized spacial score (nSPS) is 17.3. The molecule has 29 heavy (non-hydrogen) atoms. The Labute approximate surface area is 161 Å². The Morgan fingerprint density at radius 2 is 1.83 bits per heavy atom. The van der Waals surface area contributed by atoms with E-state index in [1.54, 1.807) is 0 Å². The van der Waals surface area contributed by atoms with Gasteiger partial charge in [-0.25, -0.2) is 9.78 Å². The van der Waals surface area contributed by atoms with Gasteiger partial charge < -0.3 is 15.0 Å². The molecule has 1 aromatic carbocycles. The lowest BCUT2D eigenvalue weighted by Gasteiger charge is -2.20. The fraction of sp³-hybridized carbons (Fsp3) is 0.333. The molecule has 0 radical (unpaired) electrons. The van der Waals surface area contributed by atoms with Crippen molar-refractivity contribution in [2.45, 2.75) is 24.9 Å². The Hall–Kier alpha value is -2.98. The van der Waals surface area contributed by atoms with Gasteiger partial charge in [0, 0.05) is 25.2 Å². The van der Waals surface area contributed by atoms with Gasteiger partial charge in [-0.1, -0.05) is 12.1 Å². The van der Waals surface area contributed by atoms with E-state index in [0.717, 1.165) is 30.5 Å². The zero-order chi connectivity index (χ0) is 21.2. The van der Waals surface area contributed by atoms with Crippen molar-refractivity contribution in [3.8, 4) is 5.88 Å². The number of para-hydroxylation sites is 1. The van der Waals surface area contributed by atoms with Crippen LogP contribution in [0.1, 0.15) is 17.5 Å². The summed E-state index contributed by atoms with van der Waals surface area (Å²) >= 11 is 0. The molecule has 11 heteroatoms. The lowest BCUT2D eigenvalue weighted by Crippen LogP contribution is -2.35. The molecule has 2 amide bonds. The number of alkyl halides is 6. The first-order chi connectivity index (χ1) is 13.5. The van der Waals surface area contributed by atoms with E-state index in [1.165, 1.54) is 17.0 Å². The first-order valence-corrected chi connectivity index (χ1v) is 8.46. The highest BCUT2D eigenvalue weighted by Gasteiger charge is 2.35. The number of nitrogens with zero attached hydrogens (tertiary/aromatic N) is 2. The highest BCUT2D eigenvalue weighted by molar-refractivity contribution is 5.90. The summed E-state index contributed by atoms with van der Waals surface area (Å²) in [6, 6.07) is 5.36. The van der Waals surface area contributed by atoms with E-state index in [9.17, 15) is 31.1 Å². The summed E-state index contributed by atoms with van der Waals surface area (Å²) in [7, 11) is 0. The summed E-state index contributed by atoms with van der Waals surface area (Å²) in [6.07, 6.45) is -8.54. The van der Waals surface area contributed by atoms with E-state index in [1.807, 2.05) is 0 Å². The van der Waals surface area contributed by atoms with Gasteiger partial charge in [0.05, 0.1) is 23.4 Å². The number of hydrogen-bond acceptors (Lipinski definition) is 3. The second-order valence-electron chi connectivity index (χ2n) is 6.33. The zero-order valence-corrected chi connectivity index (χ0v) is 14.7. The SMILES string of the molecule is O=C(Nc1ccccc1C(F)(F)F)N1CCC(Oc2cc(C(F)(F)F)ccn2)C1. The number of urea groups is 1. The summed E-state index contributed by atoms with van der Waals surface area (Å²) in [6.45, 7) is 0.168. The molecule has 0 bridgehead atoms. The average molecular weight is 419 g/mol. The quantitative estimate of drug-likeness (QED) is 0.727. The molecule has 0 spiro atoms. The number of aromatic nitrogens is 1. The van der Waals surface area contributed by atoms with Crippen molar-refractivity contribution < 1.29 is 35.9 Å². The average Bonchev–Trinajstić information content (AvgIpc) is 3.09. The summed E-state index contributed by atoms with van der Waals surface area (Å²) < 4.78 is 82.7. The van der Waals surface area contributed by atoms with Crippen molar-refractivity contribution >= 4 is 11.7 Å². The minimum atomic E-state index is -4.63. The molecule has 1 unspecified atom stereocenters. The largest absolute Gasteiger partial charge is 0.472 e. The van der Waals surface area contributed by atoms with E-state index in [2.05, 4.69) is 10.3 Å². The molecule has 2 aromatic rings. The number of likely N-dealkylation sites (tertiary alicyclic amines) is 1. The zero-order valence-electron chi connectivity index (χ0n) is 14.7. The van der Waals surface area contributed by atoms with Gasteiger partial charge in [-0.15, -0.1) is 0 Å². The van der Waals surface area contributed by atoms with Gasteiger partial charge in [0.15, 0.2) is 0 Å². The van der Waals surface area contributed by atoms with Gasteiger partial charge in [-0.2, -0.15) is 26.3 Å². The van der Waals surface area contributed by atoms with Crippen molar-refractivity contribution in [3.05, 3.63) is 53.7 Å². The molecular weight excluding hydrogens is 404 g/mol. The number of pyridine rings is 1. The highest BCUT2D eigenvalue weighted by Crippen LogP contribution is 2.35. The van der Waals surface area contributed by atoms with Crippen LogP contribution in [0.15, 0.2) is 42.6 Å². The van der Waals surface area contributed by atoms with Gasteiger partial charge in [0.2, 0.25) is 5.88 Å². The van der Waals surface area contributed by atoms with Crippen molar-refractivity contribution in [3.63, 3.8) is 0 Å². The van der Waals surface area contributed by atoms with Gasteiger partial charge in [0.25, 0.3) is 0 Å². The lowest BCUT2D eigenvalue weighted by molar-refractivity contribution is -0.138. The van der Waals surface area contributed by atoms with Gasteiger partial charge >= 0.3 is 18.4 Å². The van der Waals surface area contributed by atoms with Crippen LogP contribution in [0, 0.1) is 0 Å². The van der Waals surface area contributed by atoms with Crippen LogP contribution in [0.5, 0.6) is 5.88 Å². The standard InChI is InChI=1S/C18H15F6N3O2/c19-17(20,21)11-5-7-25-15(9-11)29-12-6-8-27(10-12)16(28)26-14-4-2-1-3-13(14)18(22,23)24/h1-5,7,9,12H,6,8,10H2,(H,26,28). The van der Waals surface area contributed by atoms with Crippen LogP contribution in [0.2, 0.25) is 0 Å². The predicted octanol–water partition coefficient (Wildman–Crippen LogP) is 4.80. The van der Waals surface area contributed by atoms with Crippen LogP contribution < -0.4 is 10.1 Å². The number of nitrogens with one attached hydrogen (secondary N) is 1. The summed E-state index contributed by atoms with van der Waals surface area (Å²) in [5.41, 5.74) is -2.28. The number of anilines is 1. The number of carbonyl (C=O) groups excluding carboxylic acids is 1. The number of benzene rings is 1. The second kappa shape index (κ2) is 7.80. The Bertz CT molecular complexity index is 884. The maximum Gasteiger partial charge on any atom is 0.418 e. The second-order valence-corrected chi connectivity index (χ2v) is 6.33. The fourth-order valence-electron chi connectivity index (χ4n) is 2.86. The molecule has 0 aliphatic carbocycles. The minimum Gasteiger partial charge on any atom is -0.472 e. The monoisotopic (exact) mass is 419 g/mol. The van der Waals surface area contributed by atoms with Crippen LogP contribution in [-0.2, 0) is 12.4 Å². The van der Waals surface area contributed by atoms with Crippen LogP contribution in [0.25, 0.3) is 0 Å². The van der Waals surface area contributed by atoms with E-state index < -0.39 is 35.6 Å². The highest BCUT2D eigenvalue weighted by atomic mass is 19.4. The molecule has 5 nitrogen and oxygen atoms in total. The third kappa shape index (κ3) is 5.09. The number of rotatable bonds is 3. The number of carbonyl (C=O) groups is 1. The van der Waals surface area contributed by atoms with Crippen molar-refractivity contribution in [1.82, 2.24) is 9.88 Å². The lowest BCUT2D eigenvalue weighted by atomic mass is 10.1. The fourth-order valence-corrected chi connectivity index (χ4v) is 2.86. The molecule has 1 aliphatic rings. The predicted molar refractivity (Wildman–Crippen MR) is 90.3 cm³/mol. The maximum absolute atomic E-state index is 13.0. The van der Waals surface area contributed by atoms with Crippen LogP contribution in [0.4, 0.5) is 36.8 Å². The molecule has 1 atom stereocenters. The molecule has 156 valence electrons. The number of hydrogen-bond donors (Lipinski definition) is 1. The first kappa shape index (κ1) is 20.7. The molecule has 1 aliphatic heterocycles. The van der Waals surface area contributed by atoms with Gasteiger partial charge in [-0.05, 0) is 18.2 Å². The van der Waals surface area contributed by atoms with Gasteiger partial charge in [-0.3, -0.25) is 0 Å². The Kier molecular flexibility index (Phi) is 5.58. The van der Waals surface area contributed by atoms with E-state index in [4.69, 9.17) is 4.74 Å². The number of ether oxygens (including phenoxy) is 1. The minimum absolute atomic E-state index is 0.00204. The van der Waals surface area contributed by atoms with Crippen molar-refractivity contribution in [1.29, 1.82) is 0 Å². The summed E-state index contributed by atoms with van der Waals surface area (Å²) in [5.74, 6) is -0.241. The van der Waals surface area contributed by atoms with E-state index in [0.29, 0.717) is 6.42 Å². The topological polar surface area (TPSA) is 54.5 Å². The molecule has 1 saturated heterocycles. The smallest absolute Gasteiger partial charge is 0.418 e. The number of halogens is 6.